The van der Waals surface area contributed by atoms with Crippen molar-refractivity contribution in [1.82, 2.24) is 10.2 Å². The Morgan fingerprint density at radius 1 is 1.44 bits per heavy atom. The van der Waals surface area contributed by atoms with E-state index in [-0.39, 0.29) is 0 Å². The SMILES string of the molecule is Cc1ccsc1CNc1cc2[nH]ncc2cc1N. The summed E-state index contributed by atoms with van der Waals surface area (Å²) >= 11 is 1.76. The lowest BCUT2D eigenvalue weighted by atomic mass is 10.2. The number of fused-ring (bicyclic) bond motifs is 1. The molecule has 0 amide bonds. The maximum atomic E-state index is 6.02. The fourth-order valence-corrected chi connectivity index (χ4v) is 2.77. The molecule has 2 aromatic heterocycles. The molecule has 0 bridgehead atoms. The lowest BCUT2D eigenvalue weighted by molar-refractivity contribution is 1.12. The minimum atomic E-state index is 0.748. The largest absolute Gasteiger partial charge is 0.397 e. The van der Waals surface area contributed by atoms with Gasteiger partial charge in [-0.1, -0.05) is 0 Å². The van der Waals surface area contributed by atoms with E-state index in [1.54, 1.807) is 17.5 Å². The van der Waals surface area contributed by atoms with E-state index >= 15 is 0 Å². The number of anilines is 2. The monoisotopic (exact) mass is 258 g/mol. The Morgan fingerprint density at radius 2 is 2.33 bits per heavy atom. The zero-order valence-electron chi connectivity index (χ0n) is 10.0. The van der Waals surface area contributed by atoms with Crippen molar-refractivity contribution in [2.75, 3.05) is 11.1 Å². The maximum Gasteiger partial charge on any atom is 0.0672 e. The molecule has 0 fully saturated rings. The zero-order valence-corrected chi connectivity index (χ0v) is 10.8. The molecule has 0 unspecified atom stereocenters. The van der Waals surface area contributed by atoms with Gasteiger partial charge in [0, 0.05) is 16.8 Å². The summed E-state index contributed by atoms with van der Waals surface area (Å²) in [6.07, 6.45) is 1.78. The predicted octanol–water partition coefficient (Wildman–Crippen LogP) is 3.13. The number of aromatic amines is 1. The first-order valence-electron chi connectivity index (χ1n) is 5.73. The molecule has 0 aliphatic rings. The summed E-state index contributed by atoms with van der Waals surface area (Å²) in [5, 5.41) is 13.5. The Labute approximate surface area is 109 Å². The molecule has 5 heteroatoms. The third-order valence-corrected chi connectivity index (χ3v) is 4.04. The van der Waals surface area contributed by atoms with Gasteiger partial charge in [-0.3, -0.25) is 5.10 Å². The van der Waals surface area contributed by atoms with Gasteiger partial charge in [-0.15, -0.1) is 11.3 Å². The molecule has 0 aliphatic heterocycles. The topological polar surface area (TPSA) is 66.7 Å². The molecule has 18 heavy (non-hydrogen) atoms. The van der Waals surface area contributed by atoms with Crippen LogP contribution in [0.2, 0.25) is 0 Å². The van der Waals surface area contributed by atoms with Crippen molar-refractivity contribution < 1.29 is 0 Å². The molecule has 0 radical (unpaired) electrons. The Kier molecular flexibility index (Phi) is 2.68. The van der Waals surface area contributed by atoms with Gasteiger partial charge < -0.3 is 11.1 Å². The minimum absolute atomic E-state index is 0.748. The van der Waals surface area contributed by atoms with Crippen LogP contribution in [0.4, 0.5) is 11.4 Å². The predicted molar refractivity (Wildman–Crippen MR) is 76.9 cm³/mol. The highest BCUT2D eigenvalue weighted by atomic mass is 32.1. The number of aromatic nitrogens is 2. The van der Waals surface area contributed by atoms with Crippen molar-refractivity contribution in [3.05, 3.63) is 40.2 Å². The van der Waals surface area contributed by atoms with E-state index in [1.165, 1.54) is 10.4 Å². The van der Waals surface area contributed by atoms with E-state index in [0.717, 1.165) is 28.8 Å². The van der Waals surface area contributed by atoms with Crippen LogP contribution in [0.15, 0.2) is 29.8 Å². The number of nitrogens with one attached hydrogen (secondary N) is 2. The van der Waals surface area contributed by atoms with Crippen LogP contribution in [0, 0.1) is 6.92 Å². The van der Waals surface area contributed by atoms with Crippen LogP contribution in [0.5, 0.6) is 0 Å². The number of nitrogens with zero attached hydrogens (tertiary/aromatic N) is 1. The van der Waals surface area contributed by atoms with Crippen LogP contribution < -0.4 is 11.1 Å². The molecule has 0 saturated heterocycles. The molecule has 2 heterocycles. The first-order chi connectivity index (χ1) is 8.74. The molecule has 4 N–H and O–H groups in total. The van der Waals surface area contributed by atoms with Crippen LogP contribution in [-0.4, -0.2) is 10.2 Å². The van der Waals surface area contributed by atoms with Crippen LogP contribution in [0.3, 0.4) is 0 Å². The molecular formula is C13H14N4S. The summed E-state index contributed by atoms with van der Waals surface area (Å²) in [5.74, 6) is 0. The van der Waals surface area contributed by atoms with Gasteiger partial charge in [-0.2, -0.15) is 5.10 Å². The van der Waals surface area contributed by atoms with Crippen molar-refractivity contribution >= 4 is 33.6 Å². The van der Waals surface area contributed by atoms with Gasteiger partial charge >= 0.3 is 0 Å². The normalized spacial score (nSPS) is 10.9. The number of benzene rings is 1. The molecular weight excluding hydrogens is 244 g/mol. The van der Waals surface area contributed by atoms with Gasteiger partial charge in [-0.05, 0) is 36.1 Å². The first-order valence-corrected chi connectivity index (χ1v) is 6.61. The summed E-state index contributed by atoms with van der Waals surface area (Å²) in [6.45, 7) is 2.92. The number of hydrogen-bond acceptors (Lipinski definition) is 4. The smallest absolute Gasteiger partial charge is 0.0672 e. The van der Waals surface area contributed by atoms with Crippen molar-refractivity contribution in [3.63, 3.8) is 0 Å². The zero-order chi connectivity index (χ0) is 12.5. The Bertz CT molecular complexity index is 683. The van der Waals surface area contributed by atoms with E-state index in [2.05, 4.69) is 33.9 Å². The van der Waals surface area contributed by atoms with Crippen LogP contribution in [-0.2, 0) is 6.54 Å². The minimum Gasteiger partial charge on any atom is -0.397 e. The standard InChI is InChI=1S/C13H14N4S/c1-8-2-3-18-13(8)7-15-12-5-11-9(4-10(12)14)6-16-17-11/h2-6,15H,7,14H2,1H3,(H,16,17). The third-order valence-electron chi connectivity index (χ3n) is 3.02. The summed E-state index contributed by atoms with van der Waals surface area (Å²) in [5.41, 5.74) is 10.0. The van der Waals surface area contributed by atoms with Crippen LogP contribution in [0.1, 0.15) is 10.4 Å². The number of thiophene rings is 1. The van der Waals surface area contributed by atoms with E-state index < -0.39 is 0 Å². The van der Waals surface area contributed by atoms with Crippen LogP contribution >= 0.6 is 11.3 Å². The van der Waals surface area contributed by atoms with Crippen molar-refractivity contribution in [3.8, 4) is 0 Å². The molecule has 0 saturated carbocycles. The number of rotatable bonds is 3. The second-order valence-electron chi connectivity index (χ2n) is 4.28. The second-order valence-corrected chi connectivity index (χ2v) is 5.28. The summed E-state index contributed by atoms with van der Waals surface area (Å²) in [6, 6.07) is 6.06. The van der Waals surface area contributed by atoms with E-state index in [9.17, 15) is 0 Å². The Hall–Kier alpha value is -2.01. The number of H-pyrrole nitrogens is 1. The highest BCUT2D eigenvalue weighted by molar-refractivity contribution is 7.10. The molecule has 0 aliphatic carbocycles. The maximum absolute atomic E-state index is 6.02. The highest BCUT2D eigenvalue weighted by Gasteiger charge is 2.05. The van der Waals surface area contributed by atoms with Crippen molar-refractivity contribution in [2.24, 2.45) is 0 Å². The molecule has 92 valence electrons. The molecule has 0 spiro atoms. The summed E-state index contributed by atoms with van der Waals surface area (Å²) < 4.78 is 0. The average Bonchev–Trinajstić information content (AvgIpc) is 2.95. The van der Waals surface area contributed by atoms with Gasteiger partial charge in [-0.25, -0.2) is 0 Å². The summed E-state index contributed by atoms with van der Waals surface area (Å²) in [7, 11) is 0. The fraction of sp³-hybridized carbons (Fsp3) is 0.154. The molecule has 1 aromatic carbocycles. The lowest BCUT2D eigenvalue weighted by Gasteiger charge is -2.09. The highest BCUT2D eigenvalue weighted by Crippen LogP contribution is 2.26. The van der Waals surface area contributed by atoms with Crippen LogP contribution in [0.25, 0.3) is 10.9 Å². The van der Waals surface area contributed by atoms with E-state index in [4.69, 9.17) is 5.73 Å². The molecule has 0 atom stereocenters. The Balaban J connectivity index is 1.86. The van der Waals surface area contributed by atoms with Crippen molar-refractivity contribution in [2.45, 2.75) is 13.5 Å². The van der Waals surface area contributed by atoms with Gasteiger partial charge in [0.1, 0.15) is 0 Å². The first kappa shape index (κ1) is 11.1. The van der Waals surface area contributed by atoms with Crippen molar-refractivity contribution in [1.29, 1.82) is 0 Å². The second kappa shape index (κ2) is 4.34. The molecule has 3 aromatic rings. The Morgan fingerprint density at radius 3 is 3.11 bits per heavy atom. The van der Waals surface area contributed by atoms with E-state index in [0.29, 0.717) is 0 Å². The number of nitrogens with two attached hydrogens (primary N) is 1. The van der Waals surface area contributed by atoms with E-state index in [1.807, 2.05) is 12.1 Å². The van der Waals surface area contributed by atoms with Gasteiger partial charge in [0.2, 0.25) is 0 Å². The quantitative estimate of drug-likeness (QED) is 0.632. The number of aryl methyl sites for hydroxylation is 1. The fourth-order valence-electron chi connectivity index (χ4n) is 1.92. The van der Waals surface area contributed by atoms with Gasteiger partial charge in [0.25, 0.3) is 0 Å². The molecule has 3 rings (SSSR count). The average molecular weight is 258 g/mol. The lowest BCUT2D eigenvalue weighted by Crippen LogP contribution is -2.02. The third kappa shape index (κ3) is 1.93. The number of nitrogen functional groups attached to an aromatic ring is 1. The van der Waals surface area contributed by atoms with Gasteiger partial charge in [0.15, 0.2) is 0 Å². The number of hydrogen-bond donors (Lipinski definition) is 3. The molecule has 4 nitrogen and oxygen atoms in total. The van der Waals surface area contributed by atoms with Gasteiger partial charge in [0.05, 0.1) is 23.1 Å². The summed E-state index contributed by atoms with van der Waals surface area (Å²) in [4.78, 5) is 1.33.